The molecule has 2 N–H and O–H groups in total. The summed E-state index contributed by atoms with van der Waals surface area (Å²) in [5.74, 6) is 1.40. The zero-order chi connectivity index (χ0) is 23.7. The normalized spacial score (nSPS) is 16.6. The predicted molar refractivity (Wildman–Crippen MR) is 143 cm³/mol. The fourth-order valence-corrected chi connectivity index (χ4v) is 6.82. The number of nitrogens with one attached hydrogen (secondary N) is 2. The highest BCUT2D eigenvalue weighted by atomic mass is 32.2. The van der Waals surface area contributed by atoms with Gasteiger partial charge in [-0.3, -0.25) is 9.59 Å². The standard InChI is InChI=1S/C25H31N5O2S2/c1-16-13-17(7-8-19(16)30-11-9-29(2)10-12-30)26-22(31)15-33-14-21-27-24(32)23-18-5-3-4-6-20(18)34-25(23)28-21/h7-8,13H,3-6,9-12,14-15H2,1-2H3,(H,26,31)(H,27,28,32). The Bertz CT molecular complexity index is 1260. The number of fused-ring (bicyclic) bond motifs is 3. The van der Waals surface area contributed by atoms with Crippen molar-refractivity contribution < 1.29 is 4.79 Å². The van der Waals surface area contributed by atoms with E-state index in [0.717, 1.165) is 61.3 Å². The first-order chi connectivity index (χ1) is 16.5. The van der Waals surface area contributed by atoms with Gasteiger partial charge < -0.3 is 20.1 Å². The summed E-state index contributed by atoms with van der Waals surface area (Å²) >= 11 is 3.12. The van der Waals surface area contributed by atoms with Crippen LogP contribution in [0.5, 0.6) is 0 Å². The monoisotopic (exact) mass is 497 g/mol. The molecule has 1 fully saturated rings. The number of carbonyl (C=O) groups excluding carboxylic acids is 1. The van der Waals surface area contributed by atoms with Crippen molar-refractivity contribution >= 4 is 50.6 Å². The van der Waals surface area contributed by atoms with Crippen LogP contribution in [0, 0.1) is 6.92 Å². The third kappa shape index (κ3) is 5.01. The van der Waals surface area contributed by atoms with Gasteiger partial charge in [0.25, 0.3) is 5.56 Å². The Kier molecular flexibility index (Phi) is 6.94. The van der Waals surface area contributed by atoms with Crippen LogP contribution in [0.25, 0.3) is 10.2 Å². The molecule has 7 nitrogen and oxygen atoms in total. The number of piperazine rings is 1. The number of aromatic amines is 1. The first-order valence-corrected chi connectivity index (χ1v) is 13.9. The summed E-state index contributed by atoms with van der Waals surface area (Å²) in [6.45, 7) is 6.28. The lowest BCUT2D eigenvalue weighted by atomic mass is 9.97. The molecular weight excluding hydrogens is 466 g/mol. The Balaban J connectivity index is 1.16. The van der Waals surface area contributed by atoms with E-state index in [1.807, 2.05) is 12.1 Å². The molecule has 3 aromatic rings. The number of thioether (sulfide) groups is 1. The second kappa shape index (κ2) is 10.1. The molecule has 2 aliphatic rings. The van der Waals surface area contributed by atoms with Crippen LogP contribution >= 0.6 is 23.1 Å². The van der Waals surface area contributed by atoms with Crippen LogP contribution in [0.2, 0.25) is 0 Å². The van der Waals surface area contributed by atoms with Crippen molar-refractivity contribution in [1.29, 1.82) is 0 Å². The Morgan fingerprint density at radius 3 is 2.79 bits per heavy atom. The van der Waals surface area contributed by atoms with Crippen molar-refractivity contribution in [2.75, 3.05) is 49.2 Å². The molecule has 1 saturated heterocycles. The van der Waals surface area contributed by atoms with Crippen LogP contribution in [-0.4, -0.2) is 59.8 Å². The first-order valence-electron chi connectivity index (χ1n) is 11.9. The summed E-state index contributed by atoms with van der Waals surface area (Å²) in [6, 6.07) is 6.13. The van der Waals surface area contributed by atoms with Gasteiger partial charge >= 0.3 is 0 Å². The van der Waals surface area contributed by atoms with Crippen molar-refractivity contribution in [3.63, 3.8) is 0 Å². The van der Waals surface area contributed by atoms with E-state index in [9.17, 15) is 9.59 Å². The van der Waals surface area contributed by atoms with Gasteiger partial charge in [0.15, 0.2) is 0 Å². The maximum absolute atomic E-state index is 12.7. The van der Waals surface area contributed by atoms with Crippen molar-refractivity contribution in [1.82, 2.24) is 14.9 Å². The maximum atomic E-state index is 12.7. The quantitative estimate of drug-likeness (QED) is 0.539. The van der Waals surface area contributed by atoms with Crippen molar-refractivity contribution in [2.24, 2.45) is 0 Å². The molecule has 0 spiro atoms. The third-order valence-electron chi connectivity index (χ3n) is 6.67. The van der Waals surface area contributed by atoms with E-state index in [1.165, 1.54) is 39.9 Å². The number of H-pyrrole nitrogens is 1. The van der Waals surface area contributed by atoms with Gasteiger partial charge in [-0.15, -0.1) is 23.1 Å². The molecule has 1 aromatic carbocycles. The maximum Gasteiger partial charge on any atom is 0.259 e. The lowest BCUT2D eigenvalue weighted by molar-refractivity contribution is -0.113. The molecule has 0 saturated carbocycles. The van der Waals surface area contributed by atoms with Gasteiger partial charge in [-0.2, -0.15) is 0 Å². The molecule has 5 rings (SSSR count). The molecule has 1 amide bonds. The Hall–Kier alpha value is -2.36. The minimum atomic E-state index is -0.0493. The van der Waals surface area contributed by atoms with E-state index < -0.39 is 0 Å². The zero-order valence-electron chi connectivity index (χ0n) is 19.8. The summed E-state index contributed by atoms with van der Waals surface area (Å²) in [7, 11) is 2.15. The Labute approximate surface area is 207 Å². The number of aromatic nitrogens is 2. The number of rotatable bonds is 6. The highest BCUT2D eigenvalue weighted by Crippen LogP contribution is 2.33. The summed E-state index contributed by atoms with van der Waals surface area (Å²) in [4.78, 5) is 39.7. The van der Waals surface area contributed by atoms with E-state index in [1.54, 1.807) is 11.3 Å². The van der Waals surface area contributed by atoms with Crippen molar-refractivity contribution in [3.8, 4) is 0 Å². The van der Waals surface area contributed by atoms with Crippen LogP contribution in [0.3, 0.4) is 0 Å². The fraction of sp³-hybridized carbons (Fsp3) is 0.480. The predicted octanol–water partition coefficient (Wildman–Crippen LogP) is 3.80. The number of amides is 1. The van der Waals surface area contributed by atoms with E-state index in [4.69, 9.17) is 4.98 Å². The van der Waals surface area contributed by atoms with E-state index in [2.05, 4.69) is 40.1 Å². The number of benzene rings is 1. The fourth-order valence-electron chi connectivity index (χ4n) is 4.85. The SMILES string of the molecule is Cc1cc(NC(=O)CSCc2nc3sc4c(c3c(=O)[nH]2)CCCC4)ccc1N1CCN(C)CC1. The average Bonchev–Trinajstić information content (AvgIpc) is 3.19. The minimum Gasteiger partial charge on any atom is -0.369 e. The van der Waals surface area contributed by atoms with Crippen molar-refractivity contribution in [2.45, 2.75) is 38.4 Å². The molecule has 0 atom stereocenters. The van der Waals surface area contributed by atoms with Crippen LogP contribution in [0.15, 0.2) is 23.0 Å². The second-order valence-corrected chi connectivity index (χ2v) is 11.3. The highest BCUT2D eigenvalue weighted by molar-refractivity contribution is 7.99. The Morgan fingerprint density at radius 2 is 2.00 bits per heavy atom. The number of nitrogens with zero attached hydrogens (tertiary/aromatic N) is 3. The van der Waals surface area contributed by atoms with Gasteiger partial charge in [0, 0.05) is 42.4 Å². The van der Waals surface area contributed by atoms with Gasteiger partial charge in [0.1, 0.15) is 10.7 Å². The summed E-state index contributed by atoms with van der Waals surface area (Å²) < 4.78 is 0. The number of carbonyl (C=O) groups is 1. The topological polar surface area (TPSA) is 81.3 Å². The second-order valence-electron chi connectivity index (χ2n) is 9.24. The molecule has 3 heterocycles. The Morgan fingerprint density at radius 1 is 1.21 bits per heavy atom. The number of hydrogen-bond donors (Lipinski definition) is 2. The molecule has 9 heteroatoms. The smallest absolute Gasteiger partial charge is 0.259 e. The van der Waals surface area contributed by atoms with Gasteiger partial charge in [-0.25, -0.2) is 4.98 Å². The van der Waals surface area contributed by atoms with Gasteiger partial charge in [0.05, 0.1) is 16.9 Å². The zero-order valence-corrected chi connectivity index (χ0v) is 21.4. The van der Waals surface area contributed by atoms with E-state index in [-0.39, 0.29) is 11.5 Å². The van der Waals surface area contributed by atoms with Gasteiger partial charge in [0.2, 0.25) is 5.91 Å². The summed E-state index contributed by atoms with van der Waals surface area (Å²) in [6.07, 6.45) is 4.36. The first kappa shape index (κ1) is 23.4. The van der Waals surface area contributed by atoms with E-state index >= 15 is 0 Å². The summed E-state index contributed by atoms with van der Waals surface area (Å²) in [5, 5.41) is 3.78. The minimum absolute atomic E-state index is 0.0413. The number of aryl methyl sites for hydroxylation is 3. The number of anilines is 2. The molecule has 180 valence electrons. The van der Waals surface area contributed by atoms with Crippen LogP contribution < -0.4 is 15.8 Å². The molecule has 1 aliphatic carbocycles. The van der Waals surface area contributed by atoms with Crippen LogP contribution in [0.4, 0.5) is 11.4 Å². The molecule has 1 aliphatic heterocycles. The van der Waals surface area contributed by atoms with Crippen molar-refractivity contribution in [3.05, 3.63) is 50.4 Å². The lowest BCUT2D eigenvalue weighted by Gasteiger charge is -2.35. The third-order valence-corrected chi connectivity index (χ3v) is 8.80. The molecule has 0 radical (unpaired) electrons. The lowest BCUT2D eigenvalue weighted by Crippen LogP contribution is -2.44. The molecule has 0 bridgehead atoms. The van der Waals surface area contributed by atoms with Gasteiger partial charge in [-0.1, -0.05) is 0 Å². The highest BCUT2D eigenvalue weighted by Gasteiger charge is 2.20. The largest absolute Gasteiger partial charge is 0.369 e. The van der Waals surface area contributed by atoms with Crippen LogP contribution in [0.1, 0.15) is 34.7 Å². The average molecular weight is 498 g/mol. The molecular formula is C25H31N5O2S2. The summed E-state index contributed by atoms with van der Waals surface area (Å²) in [5.41, 5.74) is 4.39. The molecule has 0 unspecified atom stereocenters. The number of likely N-dealkylation sites (N-methyl/N-ethyl adjacent to an activating group) is 1. The number of hydrogen-bond acceptors (Lipinski definition) is 7. The van der Waals surface area contributed by atoms with E-state index in [0.29, 0.717) is 17.3 Å². The van der Waals surface area contributed by atoms with Crippen LogP contribution in [-0.2, 0) is 23.4 Å². The molecule has 34 heavy (non-hydrogen) atoms. The number of thiophene rings is 1. The molecule has 2 aromatic heterocycles. The van der Waals surface area contributed by atoms with Gasteiger partial charge in [-0.05, 0) is 69.0 Å².